The Morgan fingerprint density at radius 1 is 1.18 bits per heavy atom. The number of nitrogens with zero attached hydrogens (tertiary/aromatic N) is 2. The lowest BCUT2D eigenvalue weighted by Crippen LogP contribution is -2.16. The van der Waals surface area contributed by atoms with Gasteiger partial charge < -0.3 is 25.5 Å². The van der Waals surface area contributed by atoms with Crippen molar-refractivity contribution in [3.63, 3.8) is 0 Å². The monoisotopic (exact) mass is 306 g/mol. The molecule has 7 heteroatoms. The molecular weight excluding hydrogens is 284 g/mol. The van der Waals surface area contributed by atoms with Gasteiger partial charge in [-0.25, -0.2) is 4.98 Å². The molecule has 2 aromatic heterocycles. The van der Waals surface area contributed by atoms with Crippen LogP contribution in [-0.2, 0) is 9.47 Å². The maximum Gasteiger partial charge on any atom is 0.147 e. The molecule has 0 radical (unpaired) electrons. The Labute approximate surface area is 129 Å². The second-order valence-corrected chi connectivity index (χ2v) is 5.20. The zero-order valence-electron chi connectivity index (χ0n) is 13.3. The highest BCUT2D eigenvalue weighted by molar-refractivity contribution is 5.73. The summed E-state index contributed by atoms with van der Waals surface area (Å²) in [4.78, 5) is 4.37. The van der Waals surface area contributed by atoms with Gasteiger partial charge in [0, 0.05) is 20.1 Å². The second-order valence-electron chi connectivity index (χ2n) is 5.20. The van der Waals surface area contributed by atoms with Crippen LogP contribution < -0.4 is 11.5 Å². The zero-order valence-corrected chi connectivity index (χ0v) is 13.3. The van der Waals surface area contributed by atoms with E-state index in [1.54, 1.807) is 14.2 Å². The van der Waals surface area contributed by atoms with Crippen LogP contribution in [0.3, 0.4) is 0 Å². The summed E-state index contributed by atoms with van der Waals surface area (Å²) in [5.74, 6) is 0.944. The number of pyridine rings is 1. The van der Waals surface area contributed by atoms with E-state index in [0.29, 0.717) is 30.4 Å². The first-order chi connectivity index (χ1) is 10.5. The van der Waals surface area contributed by atoms with Crippen LogP contribution in [-0.4, -0.2) is 37.6 Å². The first-order valence-corrected chi connectivity index (χ1v) is 6.96. The molecule has 0 atom stereocenters. The van der Waals surface area contributed by atoms with Crippen LogP contribution in [0.5, 0.6) is 0 Å². The number of ether oxygens (including phenoxy) is 2. The number of hydrogen-bond acceptors (Lipinski definition) is 7. The van der Waals surface area contributed by atoms with Gasteiger partial charge in [-0.05, 0) is 25.5 Å². The summed E-state index contributed by atoms with van der Waals surface area (Å²) in [5, 5.41) is 3.96. The van der Waals surface area contributed by atoms with E-state index >= 15 is 0 Å². The smallest absolute Gasteiger partial charge is 0.147 e. The summed E-state index contributed by atoms with van der Waals surface area (Å²) in [6.45, 7) is 4.65. The number of aromatic nitrogens is 2. The molecule has 2 aromatic rings. The van der Waals surface area contributed by atoms with Crippen LogP contribution >= 0.6 is 0 Å². The largest absolute Gasteiger partial charge is 0.396 e. The van der Waals surface area contributed by atoms with Crippen molar-refractivity contribution in [1.29, 1.82) is 0 Å². The number of nitrogen functional groups attached to an aromatic ring is 2. The second kappa shape index (κ2) is 6.76. The van der Waals surface area contributed by atoms with Gasteiger partial charge in [-0.3, -0.25) is 0 Å². The summed E-state index contributed by atoms with van der Waals surface area (Å²) in [5.41, 5.74) is 15.7. The normalized spacial score (nSPS) is 11.3. The Hall–Kier alpha value is -2.12. The number of methoxy groups -OCH3 is 2. The molecule has 0 saturated heterocycles. The SMILES string of the molecule is COCC(COC)c1cc(-c2c(C)noc2C)nc(N)c1N. The number of hydrogen-bond donors (Lipinski definition) is 2. The van der Waals surface area contributed by atoms with Crippen LogP contribution in [0.4, 0.5) is 11.5 Å². The molecule has 4 N–H and O–H groups in total. The van der Waals surface area contributed by atoms with E-state index in [9.17, 15) is 0 Å². The third-order valence-electron chi connectivity index (χ3n) is 3.59. The van der Waals surface area contributed by atoms with Crippen LogP contribution in [0.15, 0.2) is 10.6 Å². The highest BCUT2D eigenvalue weighted by Crippen LogP contribution is 2.33. The lowest BCUT2D eigenvalue weighted by Gasteiger charge is -2.19. The molecular formula is C15H22N4O3. The van der Waals surface area contributed by atoms with E-state index in [-0.39, 0.29) is 11.7 Å². The highest BCUT2D eigenvalue weighted by Gasteiger charge is 2.21. The van der Waals surface area contributed by atoms with E-state index in [2.05, 4.69) is 10.1 Å². The molecule has 120 valence electrons. The molecule has 0 fully saturated rings. The fourth-order valence-electron chi connectivity index (χ4n) is 2.54. The van der Waals surface area contributed by atoms with Crippen molar-refractivity contribution in [2.75, 3.05) is 38.9 Å². The molecule has 0 aliphatic rings. The van der Waals surface area contributed by atoms with Crippen molar-refractivity contribution in [3.05, 3.63) is 23.1 Å². The zero-order chi connectivity index (χ0) is 16.3. The summed E-state index contributed by atoms with van der Waals surface area (Å²) >= 11 is 0. The van der Waals surface area contributed by atoms with Crippen molar-refractivity contribution in [1.82, 2.24) is 10.1 Å². The molecule has 7 nitrogen and oxygen atoms in total. The lowest BCUT2D eigenvalue weighted by molar-refractivity contribution is 0.117. The fraction of sp³-hybridized carbons (Fsp3) is 0.467. The van der Waals surface area contributed by atoms with Crippen molar-refractivity contribution in [3.8, 4) is 11.3 Å². The molecule has 0 aliphatic heterocycles. The van der Waals surface area contributed by atoms with Gasteiger partial charge >= 0.3 is 0 Å². The Morgan fingerprint density at radius 3 is 2.32 bits per heavy atom. The van der Waals surface area contributed by atoms with Crippen LogP contribution in [0.2, 0.25) is 0 Å². The van der Waals surface area contributed by atoms with Crippen LogP contribution in [0.1, 0.15) is 22.9 Å². The van der Waals surface area contributed by atoms with Gasteiger partial charge in [0.05, 0.1) is 35.9 Å². The number of rotatable bonds is 6. The standard InChI is InChI=1S/C15H22N4O3/c1-8-13(9(2)22-19-8)12-5-11(14(16)15(17)18-12)10(6-20-3)7-21-4/h5,10H,6-7,16H2,1-4H3,(H2,17,18). The van der Waals surface area contributed by atoms with Gasteiger partial charge in [-0.15, -0.1) is 0 Å². The van der Waals surface area contributed by atoms with E-state index in [1.165, 1.54) is 0 Å². The summed E-state index contributed by atoms with van der Waals surface area (Å²) in [6, 6.07) is 1.90. The van der Waals surface area contributed by atoms with Crippen molar-refractivity contribution < 1.29 is 14.0 Å². The molecule has 0 aromatic carbocycles. The average Bonchev–Trinajstić information content (AvgIpc) is 2.81. The first kappa shape index (κ1) is 16.3. The maximum absolute atomic E-state index is 6.10. The molecule has 22 heavy (non-hydrogen) atoms. The molecule has 2 rings (SSSR count). The molecule has 0 amide bonds. The maximum atomic E-state index is 6.10. The van der Waals surface area contributed by atoms with Crippen molar-refractivity contribution in [2.24, 2.45) is 0 Å². The Morgan fingerprint density at radius 2 is 1.82 bits per heavy atom. The van der Waals surface area contributed by atoms with Crippen LogP contribution in [0, 0.1) is 13.8 Å². The van der Waals surface area contributed by atoms with E-state index in [1.807, 2.05) is 19.9 Å². The summed E-state index contributed by atoms with van der Waals surface area (Å²) in [6.07, 6.45) is 0. The quantitative estimate of drug-likeness (QED) is 0.838. The van der Waals surface area contributed by atoms with E-state index in [0.717, 1.165) is 16.8 Å². The highest BCUT2D eigenvalue weighted by atomic mass is 16.5. The van der Waals surface area contributed by atoms with Gasteiger partial charge in [-0.2, -0.15) is 0 Å². The minimum atomic E-state index is -0.0282. The predicted molar refractivity (Wildman–Crippen MR) is 84.5 cm³/mol. The van der Waals surface area contributed by atoms with E-state index in [4.69, 9.17) is 25.5 Å². The molecule has 0 spiro atoms. The predicted octanol–water partition coefficient (Wildman–Crippen LogP) is 1.89. The molecule has 0 saturated carbocycles. The van der Waals surface area contributed by atoms with Gasteiger partial charge in [-0.1, -0.05) is 5.16 Å². The summed E-state index contributed by atoms with van der Waals surface area (Å²) in [7, 11) is 3.28. The van der Waals surface area contributed by atoms with Gasteiger partial charge in [0.1, 0.15) is 11.6 Å². The number of nitrogens with two attached hydrogens (primary N) is 2. The van der Waals surface area contributed by atoms with Crippen LogP contribution in [0.25, 0.3) is 11.3 Å². The third kappa shape index (κ3) is 3.05. The Kier molecular flexibility index (Phi) is 4.99. The van der Waals surface area contributed by atoms with Crippen molar-refractivity contribution >= 4 is 11.5 Å². The molecule has 2 heterocycles. The fourth-order valence-corrected chi connectivity index (χ4v) is 2.54. The Balaban J connectivity index is 2.55. The van der Waals surface area contributed by atoms with Gasteiger partial charge in [0.2, 0.25) is 0 Å². The van der Waals surface area contributed by atoms with E-state index < -0.39 is 0 Å². The topological polar surface area (TPSA) is 109 Å². The average molecular weight is 306 g/mol. The van der Waals surface area contributed by atoms with Gasteiger partial charge in [0.25, 0.3) is 0 Å². The molecule has 0 unspecified atom stereocenters. The lowest BCUT2D eigenvalue weighted by atomic mass is 9.97. The third-order valence-corrected chi connectivity index (χ3v) is 3.59. The minimum absolute atomic E-state index is 0.0282. The first-order valence-electron chi connectivity index (χ1n) is 6.96. The minimum Gasteiger partial charge on any atom is -0.396 e. The molecule has 0 bridgehead atoms. The van der Waals surface area contributed by atoms with Gasteiger partial charge in [0.15, 0.2) is 0 Å². The molecule has 0 aliphatic carbocycles. The van der Waals surface area contributed by atoms with Crippen molar-refractivity contribution in [2.45, 2.75) is 19.8 Å². The summed E-state index contributed by atoms with van der Waals surface area (Å²) < 4.78 is 15.7. The number of aryl methyl sites for hydroxylation is 2. The number of anilines is 2. The Bertz CT molecular complexity index is 629.